The van der Waals surface area contributed by atoms with Gasteiger partial charge in [0.25, 0.3) is 0 Å². The van der Waals surface area contributed by atoms with Crippen molar-refractivity contribution in [3.8, 4) is 5.75 Å². The van der Waals surface area contributed by atoms with Gasteiger partial charge in [-0.3, -0.25) is 4.79 Å². The Labute approximate surface area is 82.7 Å². The van der Waals surface area contributed by atoms with Crippen molar-refractivity contribution in [2.45, 2.75) is 20.3 Å². The third-order valence-electron chi connectivity index (χ3n) is 1.96. The highest BCUT2D eigenvalue weighted by Crippen LogP contribution is 2.22. The molecular formula is C11H13FO2. The molecule has 1 rings (SSSR count). The molecule has 76 valence electrons. The van der Waals surface area contributed by atoms with Gasteiger partial charge in [-0.05, 0) is 31.0 Å². The van der Waals surface area contributed by atoms with Gasteiger partial charge in [0.1, 0.15) is 0 Å². The van der Waals surface area contributed by atoms with Gasteiger partial charge in [-0.2, -0.15) is 0 Å². The lowest BCUT2D eigenvalue weighted by atomic mass is 10.1. The van der Waals surface area contributed by atoms with Crippen molar-refractivity contribution in [1.82, 2.24) is 0 Å². The summed E-state index contributed by atoms with van der Waals surface area (Å²) in [5.41, 5.74) is 0.963. The second-order valence-electron chi connectivity index (χ2n) is 2.90. The highest BCUT2D eigenvalue weighted by molar-refractivity contribution is 5.76. The highest BCUT2D eigenvalue weighted by Gasteiger charge is 2.10. The standard InChI is InChI=1S/C11H13FO2/c1-3-8-5-9(7-13)11(12)10(6-8)14-4-2/h5-7H,3-4H2,1-2H3. The molecule has 3 heteroatoms. The number of ether oxygens (including phenoxy) is 1. The van der Waals surface area contributed by atoms with Gasteiger partial charge in [-0.15, -0.1) is 0 Å². The van der Waals surface area contributed by atoms with Crippen LogP contribution < -0.4 is 4.74 Å². The van der Waals surface area contributed by atoms with Gasteiger partial charge in [0.05, 0.1) is 12.2 Å². The smallest absolute Gasteiger partial charge is 0.175 e. The molecule has 0 radical (unpaired) electrons. The molecule has 0 aliphatic heterocycles. The van der Waals surface area contributed by atoms with Gasteiger partial charge in [-0.1, -0.05) is 6.92 Å². The summed E-state index contributed by atoms with van der Waals surface area (Å²) in [6.45, 7) is 4.11. The molecule has 0 atom stereocenters. The van der Waals surface area contributed by atoms with E-state index in [0.717, 1.165) is 12.0 Å². The van der Waals surface area contributed by atoms with Crippen LogP contribution in [0.15, 0.2) is 12.1 Å². The Hall–Kier alpha value is -1.38. The van der Waals surface area contributed by atoms with E-state index in [2.05, 4.69) is 0 Å². The lowest BCUT2D eigenvalue weighted by Gasteiger charge is -2.08. The molecule has 0 spiro atoms. The molecule has 1 aromatic carbocycles. The molecule has 0 amide bonds. The summed E-state index contributed by atoms with van der Waals surface area (Å²) in [7, 11) is 0. The molecule has 2 nitrogen and oxygen atoms in total. The van der Waals surface area contributed by atoms with E-state index in [0.29, 0.717) is 12.9 Å². The Morgan fingerprint density at radius 1 is 1.43 bits per heavy atom. The second kappa shape index (κ2) is 4.74. The molecular weight excluding hydrogens is 183 g/mol. The van der Waals surface area contributed by atoms with Gasteiger partial charge >= 0.3 is 0 Å². The molecule has 0 unspecified atom stereocenters. The summed E-state index contributed by atoms with van der Waals surface area (Å²) >= 11 is 0. The average Bonchev–Trinajstić information content (AvgIpc) is 2.21. The largest absolute Gasteiger partial charge is 0.491 e. The minimum atomic E-state index is -0.570. The summed E-state index contributed by atoms with van der Waals surface area (Å²) in [6, 6.07) is 3.18. The van der Waals surface area contributed by atoms with Crippen LogP contribution in [0.1, 0.15) is 29.8 Å². The van der Waals surface area contributed by atoms with Crippen molar-refractivity contribution in [2.24, 2.45) is 0 Å². The Bertz CT molecular complexity index is 334. The SMILES string of the molecule is CCOc1cc(CC)cc(C=O)c1F. The third-order valence-corrected chi connectivity index (χ3v) is 1.96. The van der Waals surface area contributed by atoms with E-state index in [1.54, 1.807) is 19.1 Å². The number of halogens is 1. The number of rotatable bonds is 4. The van der Waals surface area contributed by atoms with Gasteiger partial charge in [0.15, 0.2) is 17.9 Å². The van der Waals surface area contributed by atoms with Crippen LogP contribution in [-0.4, -0.2) is 12.9 Å². The Morgan fingerprint density at radius 3 is 2.64 bits per heavy atom. The van der Waals surface area contributed by atoms with Crippen molar-refractivity contribution in [1.29, 1.82) is 0 Å². The normalized spacial score (nSPS) is 9.93. The fourth-order valence-electron chi connectivity index (χ4n) is 1.23. The van der Waals surface area contributed by atoms with E-state index in [1.807, 2.05) is 6.92 Å². The number of aldehydes is 1. The maximum Gasteiger partial charge on any atom is 0.175 e. The second-order valence-corrected chi connectivity index (χ2v) is 2.90. The molecule has 0 aliphatic carbocycles. The predicted molar refractivity (Wildman–Crippen MR) is 52.3 cm³/mol. The number of hydrogen-bond donors (Lipinski definition) is 0. The first-order valence-corrected chi connectivity index (χ1v) is 4.63. The fourth-order valence-corrected chi connectivity index (χ4v) is 1.23. The van der Waals surface area contributed by atoms with Gasteiger partial charge in [0, 0.05) is 0 Å². The summed E-state index contributed by atoms with van der Waals surface area (Å²) in [6.07, 6.45) is 1.26. The zero-order chi connectivity index (χ0) is 10.6. The van der Waals surface area contributed by atoms with Crippen molar-refractivity contribution in [3.63, 3.8) is 0 Å². The molecule has 0 saturated carbocycles. The molecule has 0 saturated heterocycles. The maximum atomic E-state index is 13.4. The van der Waals surface area contributed by atoms with Gasteiger partial charge in [0.2, 0.25) is 0 Å². The van der Waals surface area contributed by atoms with Crippen LogP contribution in [0.4, 0.5) is 4.39 Å². The van der Waals surface area contributed by atoms with E-state index < -0.39 is 5.82 Å². The number of hydrogen-bond acceptors (Lipinski definition) is 2. The number of benzene rings is 1. The van der Waals surface area contributed by atoms with Crippen molar-refractivity contribution >= 4 is 6.29 Å². The van der Waals surface area contributed by atoms with Crippen LogP contribution in [0.3, 0.4) is 0 Å². The first-order valence-electron chi connectivity index (χ1n) is 4.63. The lowest BCUT2D eigenvalue weighted by Crippen LogP contribution is -1.99. The molecule has 0 fully saturated rings. The van der Waals surface area contributed by atoms with Crippen molar-refractivity contribution in [2.75, 3.05) is 6.61 Å². The summed E-state index contributed by atoms with van der Waals surface area (Å²) in [4.78, 5) is 10.6. The molecule has 0 N–H and O–H groups in total. The van der Waals surface area contributed by atoms with Crippen LogP contribution in [-0.2, 0) is 6.42 Å². The van der Waals surface area contributed by atoms with E-state index in [-0.39, 0.29) is 11.3 Å². The summed E-state index contributed by atoms with van der Waals surface area (Å²) in [5, 5.41) is 0. The topological polar surface area (TPSA) is 26.3 Å². The van der Waals surface area contributed by atoms with Crippen LogP contribution in [0.2, 0.25) is 0 Å². The third kappa shape index (κ3) is 2.10. The van der Waals surface area contributed by atoms with E-state index in [1.165, 1.54) is 0 Å². The molecule has 0 heterocycles. The zero-order valence-electron chi connectivity index (χ0n) is 8.34. The average molecular weight is 196 g/mol. The van der Waals surface area contributed by atoms with Crippen LogP contribution in [0.25, 0.3) is 0 Å². The Balaban J connectivity index is 3.19. The predicted octanol–water partition coefficient (Wildman–Crippen LogP) is 2.60. The number of carbonyl (C=O) groups is 1. The van der Waals surface area contributed by atoms with Crippen molar-refractivity contribution < 1.29 is 13.9 Å². The van der Waals surface area contributed by atoms with E-state index in [4.69, 9.17) is 4.74 Å². The Morgan fingerprint density at radius 2 is 2.14 bits per heavy atom. The first kappa shape index (κ1) is 10.7. The van der Waals surface area contributed by atoms with Gasteiger partial charge in [-0.25, -0.2) is 4.39 Å². The summed E-state index contributed by atoms with van der Waals surface area (Å²) in [5.74, 6) is -0.409. The molecule has 14 heavy (non-hydrogen) atoms. The van der Waals surface area contributed by atoms with E-state index >= 15 is 0 Å². The lowest BCUT2D eigenvalue weighted by molar-refractivity contribution is 0.111. The van der Waals surface area contributed by atoms with Crippen molar-refractivity contribution in [3.05, 3.63) is 29.1 Å². The fraction of sp³-hybridized carbons (Fsp3) is 0.364. The van der Waals surface area contributed by atoms with Gasteiger partial charge < -0.3 is 4.74 Å². The number of aryl methyl sites for hydroxylation is 1. The minimum Gasteiger partial charge on any atom is -0.491 e. The van der Waals surface area contributed by atoms with E-state index in [9.17, 15) is 9.18 Å². The Kier molecular flexibility index (Phi) is 3.63. The molecule has 0 aliphatic rings. The molecule has 1 aromatic rings. The molecule has 0 bridgehead atoms. The highest BCUT2D eigenvalue weighted by atomic mass is 19.1. The minimum absolute atomic E-state index is 0.0628. The quantitative estimate of drug-likeness (QED) is 0.692. The van der Waals surface area contributed by atoms with Crippen LogP contribution in [0, 0.1) is 5.82 Å². The zero-order valence-corrected chi connectivity index (χ0v) is 8.34. The molecule has 0 aromatic heterocycles. The summed E-state index contributed by atoms with van der Waals surface area (Å²) < 4.78 is 18.5. The van der Waals surface area contributed by atoms with Crippen LogP contribution >= 0.6 is 0 Å². The van der Waals surface area contributed by atoms with Crippen LogP contribution in [0.5, 0.6) is 5.75 Å². The number of carbonyl (C=O) groups excluding carboxylic acids is 1. The first-order chi connectivity index (χ1) is 6.72. The monoisotopic (exact) mass is 196 g/mol. The maximum absolute atomic E-state index is 13.4.